The van der Waals surface area contributed by atoms with E-state index in [4.69, 9.17) is 4.74 Å². The van der Waals surface area contributed by atoms with Gasteiger partial charge in [0.05, 0.1) is 6.10 Å². The Kier molecular flexibility index (Phi) is 6.62. The van der Waals surface area contributed by atoms with Gasteiger partial charge in [-0.3, -0.25) is 0 Å². The van der Waals surface area contributed by atoms with E-state index in [9.17, 15) is 0 Å². The highest BCUT2D eigenvalue weighted by atomic mass is 16.5. The summed E-state index contributed by atoms with van der Waals surface area (Å²) in [6.45, 7) is 6.70. The van der Waals surface area contributed by atoms with Crippen molar-refractivity contribution in [1.29, 1.82) is 0 Å². The Morgan fingerprint density at radius 3 is 2.63 bits per heavy atom. The maximum absolute atomic E-state index is 5.64. The summed E-state index contributed by atoms with van der Waals surface area (Å²) in [5.41, 5.74) is 0. The first-order valence-electron chi connectivity index (χ1n) is 8.28. The third-order valence-electron chi connectivity index (χ3n) is 4.86. The van der Waals surface area contributed by atoms with Gasteiger partial charge in [-0.1, -0.05) is 19.3 Å². The molecular formula is C16H32N2O. The van der Waals surface area contributed by atoms with Crippen molar-refractivity contribution in [3.05, 3.63) is 0 Å². The van der Waals surface area contributed by atoms with Crippen molar-refractivity contribution in [2.75, 3.05) is 33.3 Å². The number of likely N-dealkylation sites (N-methyl/N-ethyl adjacent to an activating group) is 1. The van der Waals surface area contributed by atoms with Crippen LogP contribution in [0.1, 0.15) is 51.9 Å². The van der Waals surface area contributed by atoms with Gasteiger partial charge in [0, 0.05) is 32.3 Å². The number of ether oxygens (including phenoxy) is 1. The Morgan fingerprint density at radius 1 is 1.16 bits per heavy atom. The second kappa shape index (κ2) is 8.23. The second-order valence-electron chi connectivity index (χ2n) is 6.59. The van der Waals surface area contributed by atoms with Gasteiger partial charge in [-0.05, 0) is 45.6 Å². The zero-order valence-electron chi connectivity index (χ0n) is 12.9. The lowest BCUT2D eigenvalue weighted by molar-refractivity contribution is 0.107. The molecule has 0 amide bonds. The maximum atomic E-state index is 5.64. The van der Waals surface area contributed by atoms with Crippen LogP contribution >= 0.6 is 0 Å². The molecule has 1 aliphatic heterocycles. The minimum absolute atomic E-state index is 0.468. The Morgan fingerprint density at radius 2 is 1.95 bits per heavy atom. The molecule has 1 N–H and O–H groups in total. The van der Waals surface area contributed by atoms with Gasteiger partial charge in [-0.15, -0.1) is 0 Å². The minimum Gasteiger partial charge on any atom is -0.377 e. The third kappa shape index (κ3) is 5.41. The molecule has 0 radical (unpaired) electrons. The fraction of sp³-hybridized carbons (Fsp3) is 1.00. The van der Waals surface area contributed by atoms with Gasteiger partial charge >= 0.3 is 0 Å². The standard InChI is InChI=1S/C16H32N2O/c1-14(11-17-12-16-9-6-10-19-16)18(2)13-15-7-4-3-5-8-15/h14-17H,3-13H2,1-2H3. The van der Waals surface area contributed by atoms with E-state index >= 15 is 0 Å². The molecule has 3 heteroatoms. The second-order valence-corrected chi connectivity index (χ2v) is 6.59. The molecule has 2 unspecified atom stereocenters. The first-order chi connectivity index (χ1) is 9.25. The van der Waals surface area contributed by atoms with Crippen molar-refractivity contribution in [2.24, 2.45) is 5.92 Å². The fourth-order valence-corrected chi connectivity index (χ4v) is 3.37. The molecule has 1 saturated carbocycles. The van der Waals surface area contributed by atoms with Crippen LogP contribution in [0.3, 0.4) is 0 Å². The van der Waals surface area contributed by atoms with Crippen LogP contribution in [0.5, 0.6) is 0 Å². The van der Waals surface area contributed by atoms with Crippen LogP contribution < -0.4 is 5.32 Å². The fourth-order valence-electron chi connectivity index (χ4n) is 3.37. The highest BCUT2D eigenvalue weighted by Gasteiger charge is 2.19. The molecule has 2 fully saturated rings. The summed E-state index contributed by atoms with van der Waals surface area (Å²) in [6.07, 6.45) is 10.2. The van der Waals surface area contributed by atoms with Crippen LogP contribution in [0.4, 0.5) is 0 Å². The first kappa shape index (κ1) is 15.3. The van der Waals surface area contributed by atoms with Gasteiger partial charge in [0.15, 0.2) is 0 Å². The van der Waals surface area contributed by atoms with E-state index in [-0.39, 0.29) is 0 Å². The van der Waals surface area contributed by atoms with E-state index in [2.05, 4.69) is 24.2 Å². The van der Waals surface area contributed by atoms with E-state index in [1.165, 1.54) is 51.5 Å². The summed E-state index contributed by atoms with van der Waals surface area (Å²) < 4.78 is 5.64. The Balaban J connectivity index is 1.57. The highest BCUT2D eigenvalue weighted by molar-refractivity contribution is 4.74. The molecule has 0 bridgehead atoms. The van der Waals surface area contributed by atoms with Crippen LogP contribution in [0, 0.1) is 5.92 Å². The molecule has 0 spiro atoms. The largest absolute Gasteiger partial charge is 0.377 e. The molecule has 1 heterocycles. The summed E-state index contributed by atoms with van der Waals surface area (Å²) in [4.78, 5) is 2.54. The summed E-state index contributed by atoms with van der Waals surface area (Å²) >= 11 is 0. The van der Waals surface area contributed by atoms with Crippen molar-refractivity contribution in [1.82, 2.24) is 10.2 Å². The number of hydrogen-bond acceptors (Lipinski definition) is 3. The van der Waals surface area contributed by atoms with Gasteiger partial charge in [0.2, 0.25) is 0 Å². The number of nitrogens with one attached hydrogen (secondary N) is 1. The van der Waals surface area contributed by atoms with Crippen molar-refractivity contribution in [3.8, 4) is 0 Å². The van der Waals surface area contributed by atoms with Gasteiger partial charge in [-0.2, -0.15) is 0 Å². The van der Waals surface area contributed by atoms with Crippen molar-refractivity contribution >= 4 is 0 Å². The van der Waals surface area contributed by atoms with Crippen LogP contribution in [0.15, 0.2) is 0 Å². The molecule has 112 valence electrons. The summed E-state index contributed by atoms with van der Waals surface area (Å²) in [5.74, 6) is 0.944. The normalized spacial score (nSPS) is 27.0. The topological polar surface area (TPSA) is 24.5 Å². The van der Waals surface area contributed by atoms with Crippen molar-refractivity contribution in [3.63, 3.8) is 0 Å². The SMILES string of the molecule is CC(CNCC1CCCO1)N(C)CC1CCCCC1. The number of nitrogens with zero attached hydrogens (tertiary/aromatic N) is 1. The Bertz CT molecular complexity index is 235. The Labute approximate surface area is 119 Å². The van der Waals surface area contributed by atoms with Crippen LogP contribution in [-0.4, -0.2) is 50.3 Å². The lowest BCUT2D eigenvalue weighted by Crippen LogP contribution is -2.42. The summed E-state index contributed by atoms with van der Waals surface area (Å²) in [5, 5.41) is 3.58. The average Bonchev–Trinajstić information content (AvgIpc) is 2.93. The molecule has 2 aliphatic rings. The maximum Gasteiger partial charge on any atom is 0.0700 e. The van der Waals surface area contributed by atoms with Crippen molar-refractivity contribution < 1.29 is 4.74 Å². The lowest BCUT2D eigenvalue weighted by atomic mass is 9.89. The molecule has 3 nitrogen and oxygen atoms in total. The molecule has 1 aliphatic carbocycles. The van der Waals surface area contributed by atoms with E-state index < -0.39 is 0 Å². The highest BCUT2D eigenvalue weighted by Crippen LogP contribution is 2.24. The zero-order chi connectivity index (χ0) is 13.5. The van der Waals surface area contributed by atoms with E-state index in [1.807, 2.05) is 0 Å². The Hall–Kier alpha value is -0.120. The van der Waals surface area contributed by atoms with E-state index in [0.29, 0.717) is 12.1 Å². The monoisotopic (exact) mass is 268 g/mol. The molecule has 0 aromatic carbocycles. The van der Waals surface area contributed by atoms with Gasteiger partial charge in [0.25, 0.3) is 0 Å². The van der Waals surface area contributed by atoms with E-state index in [1.54, 1.807) is 0 Å². The van der Waals surface area contributed by atoms with Gasteiger partial charge in [-0.25, -0.2) is 0 Å². The van der Waals surface area contributed by atoms with Gasteiger partial charge in [0.1, 0.15) is 0 Å². The van der Waals surface area contributed by atoms with E-state index in [0.717, 1.165) is 25.6 Å². The summed E-state index contributed by atoms with van der Waals surface area (Å²) in [7, 11) is 2.28. The average molecular weight is 268 g/mol. The quantitative estimate of drug-likeness (QED) is 0.768. The minimum atomic E-state index is 0.468. The molecular weight excluding hydrogens is 236 g/mol. The van der Waals surface area contributed by atoms with Crippen LogP contribution in [0.25, 0.3) is 0 Å². The third-order valence-corrected chi connectivity index (χ3v) is 4.86. The molecule has 0 aromatic heterocycles. The molecule has 2 atom stereocenters. The number of rotatable bonds is 7. The number of hydrogen-bond donors (Lipinski definition) is 1. The van der Waals surface area contributed by atoms with Crippen LogP contribution in [-0.2, 0) is 4.74 Å². The van der Waals surface area contributed by atoms with Crippen LogP contribution in [0.2, 0.25) is 0 Å². The van der Waals surface area contributed by atoms with Gasteiger partial charge < -0.3 is 15.0 Å². The molecule has 1 saturated heterocycles. The van der Waals surface area contributed by atoms with Crippen molar-refractivity contribution in [2.45, 2.75) is 64.0 Å². The smallest absolute Gasteiger partial charge is 0.0700 e. The molecule has 2 rings (SSSR count). The summed E-state index contributed by atoms with van der Waals surface area (Å²) in [6, 6.07) is 0.628. The predicted molar refractivity (Wildman–Crippen MR) is 80.5 cm³/mol. The lowest BCUT2D eigenvalue weighted by Gasteiger charge is -2.31. The zero-order valence-corrected chi connectivity index (χ0v) is 12.9. The molecule has 0 aromatic rings. The molecule has 19 heavy (non-hydrogen) atoms. The predicted octanol–water partition coefficient (Wildman–Crippen LogP) is 2.66. The first-order valence-corrected chi connectivity index (χ1v) is 8.28.